The van der Waals surface area contributed by atoms with Gasteiger partial charge in [0.05, 0.1) is 17.2 Å². The highest BCUT2D eigenvalue weighted by Crippen LogP contribution is 2.36. The monoisotopic (exact) mass is 609 g/mol. The second-order valence-electron chi connectivity index (χ2n) is 8.18. The van der Waals surface area contributed by atoms with E-state index in [1.165, 1.54) is 30.6 Å². The minimum Gasteiger partial charge on any atom is -0.457 e. The Kier molecular flexibility index (Phi) is 12.9. The summed E-state index contributed by atoms with van der Waals surface area (Å²) in [4.78, 5) is 18.6. The molecule has 0 aliphatic carbocycles. The summed E-state index contributed by atoms with van der Waals surface area (Å²) in [6, 6.07) is 13.1. The van der Waals surface area contributed by atoms with E-state index in [2.05, 4.69) is 10.1 Å². The number of carbonyl (C=O) groups excluding carboxylic acids is 1. The topological polar surface area (TPSA) is 136 Å². The van der Waals surface area contributed by atoms with Crippen molar-refractivity contribution in [2.45, 2.75) is 22.5 Å². The molecule has 1 aliphatic heterocycles. The number of nitrogens with one attached hydrogen (secondary N) is 1. The number of benzene rings is 2. The summed E-state index contributed by atoms with van der Waals surface area (Å²) in [5, 5.41) is 13.4. The van der Waals surface area contributed by atoms with E-state index in [0.29, 0.717) is 37.7 Å². The molecule has 3 aromatic rings. The fourth-order valence-electron chi connectivity index (χ4n) is 4.13. The van der Waals surface area contributed by atoms with E-state index >= 15 is 0 Å². The first-order valence-corrected chi connectivity index (χ1v) is 12.5. The lowest BCUT2D eigenvalue weighted by Crippen LogP contribution is -2.57. The van der Waals surface area contributed by atoms with Gasteiger partial charge in [0.15, 0.2) is 14.6 Å². The van der Waals surface area contributed by atoms with Gasteiger partial charge in [0, 0.05) is 26.7 Å². The van der Waals surface area contributed by atoms with Crippen molar-refractivity contribution in [3.8, 4) is 17.2 Å². The molecule has 2 aromatic carbocycles. The number of aromatic nitrogens is 3. The van der Waals surface area contributed by atoms with Crippen LogP contribution in [0.2, 0.25) is 0 Å². The van der Waals surface area contributed by atoms with Crippen molar-refractivity contribution < 1.29 is 27.9 Å². The molecule has 0 bridgehead atoms. The summed E-state index contributed by atoms with van der Waals surface area (Å²) in [6.07, 6.45) is 3.14. The molecule has 0 atom stereocenters. The molecule has 1 aromatic heterocycles. The molecule has 1 aliphatic rings. The minimum absolute atomic E-state index is 0. The van der Waals surface area contributed by atoms with E-state index in [-0.39, 0.29) is 55.0 Å². The van der Waals surface area contributed by atoms with Gasteiger partial charge in [0.1, 0.15) is 24.2 Å². The molecule has 11 nitrogen and oxygen atoms in total. The number of likely N-dealkylation sites (tertiary alicyclic amines) is 1. The molecule has 1 fully saturated rings. The van der Waals surface area contributed by atoms with Crippen molar-refractivity contribution in [3.63, 3.8) is 0 Å². The van der Waals surface area contributed by atoms with Crippen molar-refractivity contribution in [1.29, 1.82) is 0 Å². The highest BCUT2D eigenvalue weighted by atomic mass is 35.5. The molecular weight excluding hydrogens is 581 g/mol. The van der Waals surface area contributed by atoms with Crippen LogP contribution in [-0.2, 0) is 19.4 Å². The Morgan fingerprint density at radius 2 is 1.61 bits per heavy atom. The van der Waals surface area contributed by atoms with E-state index in [4.69, 9.17) is 9.47 Å². The molecule has 4 rings (SSSR count). The highest BCUT2D eigenvalue weighted by Gasteiger charge is 2.52. The van der Waals surface area contributed by atoms with Crippen LogP contribution >= 0.6 is 37.2 Å². The van der Waals surface area contributed by atoms with Crippen LogP contribution in [0.1, 0.15) is 12.8 Å². The van der Waals surface area contributed by atoms with Gasteiger partial charge in [-0.25, -0.2) is 23.6 Å². The van der Waals surface area contributed by atoms with Crippen molar-refractivity contribution in [2.24, 2.45) is 0 Å². The lowest BCUT2D eigenvalue weighted by molar-refractivity contribution is -0.133. The summed E-state index contributed by atoms with van der Waals surface area (Å²) < 4.78 is 37.9. The van der Waals surface area contributed by atoms with Crippen LogP contribution in [0.25, 0.3) is 5.69 Å². The first kappa shape index (κ1) is 33.6. The molecule has 210 valence electrons. The summed E-state index contributed by atoms with van der Waals surface area (Å²) in [6.45, 7) is 1.93. The van der Waals surface area contributed by atoms with Crippen molar-refractivity contribution in [3.05, 3.63) is 61.2 Å². The maximum Gasteiger partial charge on any atom is 0.265 e. The van der Waals surface area contributed by atoms with Crippen molar-refractivity contribution in [2.75, 3.05) is 33.4 Å². The first-order valence-electron chi connectivity index (χ1n) is 11.0. The number of sulfone groups is 1. The Morgan fingerprint density at radius 3 is 2.11 bits per heavy atom. The number of halogens is 3. The van der Waals surface area contributed by atoms with Crippen LogP contribution in [-0.4, -0.2) is 77.3 Å². The summed E-state index contributed by atoms with van der Waals surface area (Å²) in [5.41, 5.74) is 2.39. The number of hydroxylamine groups is 1. The third kappa shape index (κ3) is 6.94. The second-order valence-corrected chi connectivity index (χ2v) is 10.4. The summed E-state index contributed by atoms with van der Waals surface area (Å²) in [5.74, 6) is 0.0771. The van der Waals surface area contributed by atoms with E-state index < -0.39 is 20.5 Å². The fraction of sp³-hybridized carbons (Fsp3) is 0.348. The van der Waals surface area contributed by atoms with Gasteiger partial charge in [-0.2, -0.15) is 5.10 Å². The number of rotatable bonds is 9. The van der Waals surface area contributed by atoms with Gasteiger partial charge in [0.2, 0.25) is 0 Å². The number of nitrogens with zero attached hydrogens (tertiary/aromatic N) is 4. The number of hydrogen-bond donors (Lipinski definition) is 2. The Bertz CT molecular complexity index is 1240. The highest BCUT2D eigenvalue weighted by molar-refractivity contribution is 7.93. The smallest absolute Gasteiger partial charge is 0.265 e. The van der Waals surface area contributed by atoms with Gasteiger partial charge in [-0.15, -0.1) is 37.2 Å². The maximum absolute atomic E-state index is 13.6. The third-order valence-electron chi connectivity index (χ3n) is 6.19. The van der Waals surface area contributed by atoms with Crippen LogP contribution in [0.15, 0.2) is 66.1 Å². The Hall–Kier alpha value is -2.45. The number of piperidine rings is 1. The lowest BCUT2D eigenvalue weighted by Gasteiger charge is -2.39. The number of hydrogen-bond acceptors (Lipinski definition) is 9. The standard InChI is InChI=1S/C23H27N5O6S.3ClH/c1-33-15-14-27-12-10-23(11-13-27,22(29)26-30)35(31,32)21-8-6-20(7-9-21)34-19-4-2-18(3-5-19)28-17-24-16-25-28;;;/h2-9,16-17,30H,10-15H2,1H3,(H,26,29);3*1H. The maximum atomic E-state index is 13.6. The molecule has 0 unspecified atom stereocenters. The molecular formula is C23H30Cl3N5O6S. The normalized spacial score (nSPS) is 14.8. The molecule has 0 radical (unpaired) electrons. The van der Waals surface area contributed by atoms with Gasteiger partial charge in [-0.1, -0.05) is 0 Å². The predicted octanol–water partition coefficient (Wildman–Crippen LogP) is 3.09. The quantitative estimate of drug-likeness (QED) is 0.277. The van der Waals surface area contributed by atoms with Crippen LogP contribution in [0, 0.1) is 0 Å². The van der Waals surface area contributed by atoms with E-state index in [1.54, 1.807) is 35.7 Å². The Morgan fingerprint density at radius 1 is 1.03 bits per heavy atom. The zero-order chi connectivity index (χ0) is 24.9. The zero-order valence-corrected chi connectivity index (χ0v) is 23.7. The fourth-order valence-corrected chi connectivity index (χ4v) is 6.09. The van der Waals surface area contributed by atoms with Gasteiger partial charge in [-0.3, -0.25) is 10.0 Å². The molecule has 1 saturated heterocycles. The minimum atomic E-state index is -4.10. The van der Waals surface area contributed by atoms with Gasteiger partial charge < -0.3 is 14.4 Å². The van der Waals surface area contributed by atoms with E-state index in [1.807, 2.05) is 17.0 Å². The first-order chi connectivity index (χ1) is 16.9. The second kappa shape index (κ2) is 14.6. The van der Waals surface area contributed by atoms with Crippen LogP contribution in [0.5, 0.6) is 11.5 Å². The van der Waals surface area contributed by atoms with Crippen molar-refractivity contribution >= 4 is 53.0 Å². The van der Waals surface area contributed by atoms with Gasteiger partial charge >= 0.3 is 0 Å². The summed E-state index contributed by atoms with van der Waals surface area (Å²) >= 11 is 0. The van der Waals surface area contributed by atoms with Crippen LogP contribution < -0.4 is 10.2 Å². The third-order valence-corrected chi connectivity index (χ3v) is 8.71. The SMILES string of the molecule is COCCN1CCC(C(=O)NO)(S(=O)(=O)c2ccc(Oc3ccc(-n4cncn4)cc3)cc2)CC1.Cl.Cl.Cl. The molecule has 0 spiro atoms. The molecule has 2 N–H and O–H groups in total. The predicted molar refractivity (Wildman–Crippen MR) is 147 cm³/mol. The van der Waals surface area contributed by atoms with E-state index in [0.717, 1.165) is 5.69 Å². The van der Waals surface area contributed by atoms with Gasteiger partial charge in [-0.05, 0) is 61.4 Å². The number of amides is 1. The number of ether oxygens (including phenoxy) is 2. The average Bonchev–Trinajstić information content (AvgIpc) is 3.43. The van der Waals surface area contributed by atoms with E-state index in [9.17, 15) is 18.4 Å². The Balaban J connectivity index is 0.00000241. The van der Waals surface area contributed by atoms with Crippen molar-refractivity contribution in [1.82, 2.24) is 25.1 Å². The molecule has 0 saturated carbocycles. The van der Waals surface area contributed by atoms with Crippen LogP contribution in [0.3, 0.4) is 0 Å². The lowest BCUT2D eigenvalue weighted by atomic mass is 9.95. The average molecular weight is 611 g/mol. The molecule has 2 heterocycles. The Labute approximate surface area is 239 Å². The molecule has 15 heteroatoms. The number of methoxy groups -OCH3 is 1. The summed E-state index contributed by atoms with van der Waals surface area (Å²) in [7, 11) is -2.50. The van der Waals surface area contributed by atoms with Crippen LogP contribution in [0.4, 0.5) is 0 Å². The zero-order valence-electron chi connectivity index (χ0n) is 20.4. The molecule has 1 amide bonds. The number of carbonyl (C=O) groups is 1. The van der Waals surface area contributed by atoms with Gasteiger partial charge in [0.25, 0.3) is 5.91 Å². The largest absolute Gasteiger partial charge is 0.457 e. The molecule has 38 heavy (non-hydrogen) atoms.